The lowest BCUT2D eigenvalue weighted by molar-refractivity contribution is 0.262. The first kappa shape index (κ1) is 13.9. The van der Waals surface area contributed by atoms with Gasteiger partial charge in [0.2, 0.25) is 0 Å². The minimum absolute atomic E-state index is 0.761. The molecule has 1 aromatic rings. The molecule has 0 bridgehead atoms. The van der Waals surface area contributed by atoms with Gasteiger partial charge in [0.1, 0.15) is 0 Å². The maximum Gasteiger partial charge on any atom is 0.161 e. The summed E-state index contributed by atoms with van der Waals surface area (Å²) in [5.74, 6) is 1.53. The minimum atomic E-state index is 0.761. The second kappa shape index (κ2) is 7.16. The number of benzene rings is 1. The van der Waals surface area contributed by atoms with Crippen molar-refractivity contribution in [1.29, 1.82) is 0 Å². The molecule has 0 aliphatic carbocycles. The van der Waals surface area contributed by atoms with Crippen molar-refractivity contribution in [2.45, 2.75) is 0 Å². The topological polar surface area (TPSA) is 35.8 Å². The number of hydrogen-bond donors (Lipinski definition) is 0. The lowest BCUT2D eigenvalue weighted by Gasteiger charge is -2.24. The van der Waals surface area contributed by atoms with Crippen molar-refractivity contribution >= 4 is 6.08 Å². The molecule has 0 aromatic heterocycles. The van der Waals surface area contributed by atoms with Crippen LogP contribution in [0.5, 0.6) is 11.5 Å². The number of methoxy groups -OCH3 is 2. The maximum absolute atomic E-state index is 5.29. The fourth-order valence-electron chi connectivity index (χ4n) is 2.12. The Labute approximate surface area is 115 Å². The molecule has 1 fully saturated rings. The number of rotatable bonds is 5. The summed E-state index contributed by atoms with van der Waals surface area (Å²) in [4.78, 5) is 2.41. The molecular formula is C15H21N2O2. The summed E-state index contributed by atoms with van der Waals surface area (Å²) in [7, 11) is 3.30. The van der Waals surface area contributed by atoms with Crippen molar-refractivity contribution in [3.8, 4) is 11.5 Å². The van der Waals surface area contributed by atoms with E-state index in [1.807, 2.05) is 18.2 Å². The summed E-state index contributed by atoms with van der Waals surface area (Å²) in [6.45, 7) is 5.03. The van der Waals surface area contributed by atoms with Gasteiger partial charge in [0.05, 0.1) is 14.2 Å². The largest absolute Gasteiger partial charge is 0.493 e. The lowest BCUT2D eigenvalue weighted by Crippen LogP contribution is -2.40. The van der Waals surface area contributed by atoms with Crippen molar-refractivity contribution < 1.29 is 9.47 Å². The maximum atomic E-state index is 5.29. The van der Waals surface area contributed by atoms with E-state index >= 15 is 0 Å². The Bertz CT molecular complexity index is 426. The molecule has 0 N–H and O–H groups in total. The first-order chi connectivity index (χ1) is 9.33. The Morgan fingerprint density at radius 2 is 1.89 bits per heavy atom. The van der Waals surface area contributed by atoms with E-state index in [0.29, 0.717) is 0 Å². The molecule has 0 spiro atoms. The number of ether oxygens (including phenoxy) is 2. The Balaban J connectivity index is 1.94. The van der Waals surface area contributed by atoms with Crippen molar-refractivity contribution in [2.75, 3.05) is 46.9 Å². The van der Waals surface area contributed by atoms with Crippen LogP contribution in [0.1, 0.15) is 5.56 Å². The van der Waals surface area contributed by atoms with Crippen LogP contribution in [-0.2, 0) is 0 Å². The first-order valence-corrected chi connectivity index (χ1v) is 6.57. The van der Waals surface area contributed by atoms with Gasteiger partial charge in [-0.1, -0.05) is 18.2 Å². The molecule has 0 unspecified atom stereocenters. The van der Waals surface area contributed by atoms with Crippen molar-refractivity contribution in [3.63, 3.8) is 0 Å². The van der Waals surface area contributed by atoms with E-state index in [1.165, 1.54) is 0 Å². The van der Waals surface area contributed by atoms with Crippen molar-refractivity contribution in [2.24, 2.45) is 0 Å². The standard InChI is InChI=1S/C15H21N2O2/c1-18-14-6-5-13(12-15(14)19-2)4-3-9-17-10-7-16-8-11-17/h3-6,12H,7-11H2,1-2H3. The van der Waals surface area contributed by atoms with E-state index in [1.54, 1.807) is 14.2 Å². The molecule has 2 rings (SSSR count). The molecule has 1 aliphatic rings. The van der Waals surface area contributed by atoms with Crippen molar-refractivity contribution in [3.05, 3.63) is 29.8 Å². The van der Waals surface area contributed by atoms with E-state index in [2.05, 4.69) is 22.4 Å². The third kappa shape index (κ3) is 3.98. The highest BCUT2D eigenvalue weighted by Gasteiger charge is 2.07. The van der Waals surface area contributed by atoms with Crippen LogP contribution in [0, 0.1) is 0 Å². The quantitative estimate of drug-likeness (QED) is 0.808. The predicted molar refractivity (Wildman–Crippen MR) is 76.9 cm³/mol. The van der Waals surface area contributed by atoms with Crippen LogP contribution in [-0.4, -0.2) is 51.8 Å². The van der Waals surface area contributed by atoms with Gasteiger partial charge >= 0.3 is 0 Å². The van der Waals surface area contributed by atoms with E-state index < -0.39 is 0 Å². The summed E-state index contributed by atoms with van der Waals surface area (Å²) < 4.78 is 10.5. The zero-order valence-electron chi connectivity index (χ0n) is 11.6. The van der Waals surface area contributed by atoms with Gasteiger partial charge in [0.15, 0.2) is 11.5 Å². The lowest BCUT2D eigenvalue weighted by atomic mass is 10.2. The summed E-state index contributed by atoms with van der Waals surface area (Å²) in [5, 5.41) is 4.34. The van der Waals surface area contributed by atoms with Gasteiger partial charge in [0, 0.05) is 32.7 Å². The van der Waals surface area contributed by atoms with Gasteiger partial charge in [0.25, 0.3) is 0 Å². The summed E-state index contributed by atoms with van der Waals surface area (Å²) in [6.07, 6.45) is 4.31. The molecular weight excluding hydrogens is 240 g/mol. The fourth-order valence-corrected chi connectivity index (χ4v) is 2.12. The highest BCUT2D eigenvalue weighted by atomic mass is 16.5. The van der Waals surface area contributed by atoms with Gasteiger partial charge in [-0.25, -0.2) is 5.32 Å². The zero-order valence-corrected chi connectivity index (χ0v) is 11.6. The molecule has 4 heteroatoms. The second-order valence-electron chi connectivity index (χ2n) is 4.49. The second-order valence-corrected chi connectivity index (χ2v) is 4.49. The number of piperazine rings is 1. The Morgan fingerprint density at radius 1 is 1.16 bits per heavy atom. The van der Waals surface area contributed by atoms with Gasteiger partial charge in [-0.05, 0) is 17.7 Å². The Kier molecular flexibility index (Phi) is 5.24. The molecule has 0 amide bonds. The monoisotopic (exact) mass is 261 g/mol. The highest BCUT2D eigenvalue weighted by Crippen LogP contribution is 2.27. The summed E-state index contributed by atoms with van der Waals surface area (Å²) in [6, 6.07) is 5.95. The molecule has 1 aliphatic heterocycles. The minimum Gasteiger partial charge on any atom is -0.493 e. The van der Waals surface area contributed by atoms with Gasteiger partial charge in [-0.15, -0.1) is 0 Å². The van der Waals surface area contributed by atoms with Gasteiger partial charge in [-0.3, -0.25) is 4.90 Å². The third-order valence-corrected chi connectivity index (χ3v) is 3.23. The van der Waals surface area contributed by atoms with Crippen LogP contribution in [0.3, 0.4) is 0 Å². The third-order valence-electron chi connectivity index (χ3n) is 3.23. The fraction of sp³-hybridized carbons (Fsp3) is 0.467. The van der Waals surface area contributed by atoms with Crippen LogP contribution in [0.4, 0.5) is 0 Å². The molecule has 1 radical (unpaired) electrons. The highest BCUT2D eigenvalue weighted by molar-refractivity contribution is 5.55. The molecule has 0 saturated carbocycles. The zero-order chi connectivity index (χ0) is 13.5. The Morgan fingerprint density at radius 3 is 2.58 bits per heavy atom. The van der Waals surface area contributed by atoms with E-state index in [9.17, 15) is 0 Å². The molecule has 19 heavy (non-hydrogen) atoms. The average Bonchev–Trinajstić information content (AvgIpc) is 2.48. The van der Waals surface area contributed by atoms with Crippen LogP contribution >= 0.6 is 0 Å². The molecule has 1 aromatic carbocycles. The summed E-state index contributed by atoms with van der Waals surface area (Å²) >= 11 is 0. The van der Waals surface area contributed by atoms with Crippen LogP contribution < -0.4 is 14.8 Å². The Hall–Kier alpha value is -1.52. The average molecular weight is 261 g/mol. The van der Waals surface area contributed by atoms with E-state index in [-0.39, 0.29) is 0 Å². The predicted octanol–water partition coefficient (Wildman–Crippen LogP) is 1.64. The van der Waals surface area contributed by atoms with Crippen molar-refractivity contribution in [1.82, 2.24) is 10.2 Å². The first-order valence-electron chi connectivity index (χ1n) is 6.57. The molecule has 0 atom stereocenters. The van der Waals surface area contributed by atoms with Crippen LogP contribution in [0.25, 0.3) is 6.08 Å². The SMILES string of the molecule is COc1ccc(C=CCN2CC[N]CC2)cc1OC. The summed E-state index contributed by atoms with van der Waals surface area (Å²) in [5.41, 5.74) is 1.12. The smallest absolute Gasteiger partial charge is 0.161 e. The molecule has 1 saturated heterocycles. The molecule has 103 valence electrons. The number of hydrogen-bond acceptors (Lipinski definition) is 3. The van der Waals surface area contributed by atoms with E-state index in [0.717, 1.165) is 49.8 Å². The van der Waals surface area contributed by atoms with Gasteiger partial charge in [-0.2, -0.15) is 0 Å². The van der Waals surface area contributed by atoms with Gasteiger partial charge < -0.3 is 9.47 Å². The van der Waals surface area contributed by atoms with Crippen LogP contribution in [0.2, 0.25) is 0 Å². The normalized spacial score (nSPS) is 16.7. The van der Waals surface area contributed by atoms with Crippen LogP contribution in [0.15, 0.2) is 24.3 Å². The van der Waals surface area contributed by atoms with E-state index in [4.69, 9.17) is 9.47 Å². The molecule has 4 nitrogen and oxygen atoms in total. The molecule has 1 heterocycles. The number of nitrogens with zero attached hydrogens (tertiary/aromatic N) is 2.